The Kier molecular flexibility index (Phi) is 7.79. The fourth-order valence-corrected chi connectivity index (χ4v) is 4.23. The fourth-order valence-electron chi connectivity index (χ4n) is 4.23. The topological polar surface area (TPSA) is 77.1 Å². The van der Waals surface area contributed by atoms with Gasteiger partial charge < -0.3 is 24.4 Å². The molecule has 1 aliphatic heterocycles. The summed E-state index contributed by atoms with van der Waals surface area (Å²) in [6.45, 7) is 4.35. The highest BCUT2D eigenvalue weighted by Crippen LogP contribution is 2.41. The molecule has 2 aromatic carbocycles. The molecule has 7 nitrogen and oxygen atoms in total. The summed E-state index contributed by atoms with van der Waals surface area (Å²) in [5.74, 6) is 0.480. The van der Waals surface area contributed by atoms with Crippen LogP contribution in [0.1, 0.15) is 43.0 Å². The fraction of sp³-hybridized carbons (Fsp3) is 0.440. The zero-order valence-corrected chi connectivity index (χ0v) is 19.7. The summed E-state index contributed by atoms with van der Waals surface area (Å²) in [6, 6.07) is 8.20. The second-order valence-corrected chi connectivity index (χ2v) is 8.46. The first-order valence-corrected chi connectivity index (χ1v) is 10.9. The van der Waals surface area contributed by atoms with Crippen molar-refractivity contribution < 1.29 is 28.2 Å². The van der Waals surface area contributed by atoms with Gasteiger partial charge in [0.2, 0.25) is 0 Å². The Morgan fingerprint density at radius 2 is 1.73 bits per heavy atom. The molecule has 0 saturated carbocycles. The number of ether oxygens (including phenoxy) is 3. The van der Waals surface area contributed by atoms with E-state index in [0.717, 1.165) is 16.7 Å². The first kappa shape index (κ1) is 24.4. The van der Waals surface area contributed by atoms with Gasteiger partial charge in [0, 0.05) is 6.54 Å². The second-order valence-electron chi connectivity index (χ2n) is 8.46. The standard InChI is InChI=1S/C25H31FN2O5/c1-15(2)12-20(24(29)33-5)27-25(30)28-11-10-17-13-21(31-3)22(32-4)14-19(17)23(28)16-6-8-18(26)9-7-16/h6-9,13-15,20,23H,10-12H2,1-5H3,(H,27,30). The molecule has 178 valence electrons. The zero-order valence-electron chi connectivity index (χ0n) is 19.7. The van der Waals surface area contributed by atoms with Gasteiger partial charge in [0.05, 0.1) is 27.4 Å². The summed E-state index contributed by atoms with van der Waals surface area (Å²) >= 11 is 0. The van der Waals surface area contributed by atoms with E-state index in [2.05, 4.69) is 5.32 Å². The highest BCUT2D eigenvalue weighted by atomic mass is 19.1. The molecule has 0 radical (unpaired) electrons. The molecule has 2 unspecified atom stereocenters. The van der Waals surface area contributed by atoms with Gasteiger partial charge in [-0.1, -0.05) is 26.0 Å². The average Bonchev–Trinajstić information content (AvgIpc) is 2.81. The lowest BCUT2D eigenvalue weighted by Crippen LogP contribution is -2.51. The van der Waals surface area contributed by atoms with Crippen LogP contribution in [0.3, 0.4) is 0 Å². The molecule has 3 rings (SSSR count). The number of nitrogens with one attached hydrogen (secondary N) is 1. The lowest BCUT2D eigenvalue weighted by atomic mass is 9.87. The molecule has 8 heteroatoms. The van der Waals surface area contributed by atoms with Crippen molar-refractivity contribution in [2.45, 2.75) is 38.8 Å². The van der Waals surface area contributed by atoms with Crippen LogP contribution >= 0.6 is 0 Å². The molecule has 0 saturated heterocycles. The highest BCUT2D eigenvalue weighted by molar-refractivity contribution is 5.84. The molecule has 0 bridgehead atoms. The Bertz CT molecular complexity index is 993. The SMILES string of the molecule is COC(=O)C(CC(C)C)NC(=O)N1CCc2cc(OC)c(OC)cc2C1c1ccc(F)cc1. The maximum atomic E-state index is 13.7. The number of urea groups is 1. The van der Waals surface area contributed by atoms with Crippen LogP contribution in [0, 0.1) is 11.7 Å². The molecular weight excluding hydrogens is 427 g/mol. The molecule has 1 N–H and O–H groups in total. The first-order chi connectivity index (χ1) is 15.8. The quantitative estimate of drug-likeness (QED) is 0.633. The van der Waals surface area contributed by atoms with E-state index in [-0.39, 0.29) is 17.8 Å². The number of hydrogen-bond acceptors (Lipinski definition) is 5. The van der Waals surface area contributed by atoms with E-state index in [1.807, 2.05) is 26.0 Å². The van der Waals surface area contributed by atoms with Crippen molar-refractivity contribution in [2.75, 3.05) is 27.9 Å². The van der Waals surface area contributed by atoms with Gasteiger partial charge in [-0.3, -0.25) is 0 Å². The van der Waals surface area contributed by atoms with Gasteiger partial charge in [-0.15, -0.1) is 0 Å². The molecule has 0 aliphatic carbocycles. The van der Waals surface area contributed by atoms with Crippen LogP contribution in [0.2, 0.25) is 0 Å². The Hall–Kier alpha value is -3.29. The molecule has 1 aliphatic rings. The third-order valence-electron chi connectivity index (χ3n) is 5.81. The zero-order chi connectivity index (χ0) is 24.1. The minimum Gasteiger partial charge on any atom is -0.493 e. The maximum absolute atomic E-state index is 13.7. The number of nitrogens with zero attached hydrogens (tertiary/aromatic N) is 1. The van der Waals surface area contributed by atoms with Crippen molar-refractivity contribution in [1.82, 2.24) is 10.2 Å². The van der Waals surface area contributed by atoms with Gasteiger partial charge >= 0.3 is 12.0 Å². The number of amides is 2. The lowest BCUT2D eigenvalue weighted by molar-refractivity contribution is -0.143. The third kappa shape index (κ3) is 5.38. The van der Waals surface area contributed by atoms with Gasteiger partial charge in [-0.25, -0.2) is 14.0 Å². The summed E-state index contributed by atoms with van der Waals surface area (Å²) in [4.78, 5) is 27.4. The van der Waals surface area contributed by atoms with E-state index in [9.17, 15) is 14.0 Å². The monoisotopic (exact) mass is 458 g/mol. The summed E-state index contributed by atoms with van der Waals surface area (Å²) in [5, 5.41) is 2.84. The number of methoxy groups -OCH3 is 3. The third-order valence-corrected chi connectivity index (χ3v) is 5.81. The van der Waals surface area contributed by atoms with Crippen LogP contribution < -0.4 is 14.8 Å². The van der Waals surface area contributed by atoms with Crippen molar-refractivity contribution in [3.63, 3.8) is 0 Å². The van der Waals surface area contributed by atoms with Crippen LogP contribution in [0.4, 0.5) is 9.18 Å². The van der Waals surface area contributed by atoms with Gasteiger partial charge in [-0.05, 0) is 59.7 Å². The van der Waals surface area contributed by atoms with Crippen LogP contribution in [0.25, 0.3) is 0 Å². The minimum atomic E-state index is -0.761. The Morgan fingerprint density at radius 1 is 1.09 bits per heavy atom. The minimum absolute atomic E-state index is 0.182. The van der Waals surface area contributed by atoms with Crippen LogP contribution in [-0.2, 0) is 16.0 Å². The smallest absolute Gasteiger partial charge is 0.328 e. The van der Waals surface area contributed by atoms with Crippen LogP contribution in [0.5, 0.6) is 11.5 Å². The van der Waals surface area contributed by atoms with E-state index in [1.54, 1.807) is 31.3 Å². The number of esters is 1. The molecule has 2 atom stereocenters. The highest BCUT2D eigenvalue weighted by Gasteiger charge is 2.35. The molecule has 1 heterocycles. The Balaban J connectivity index is 2.02. The number of carbonyl (C=O) groups excluding carboxylic acids is 2. The van der Waals surface area contributed by atoms with E-state index in [1.165, 1.54) is 19.2 Å². The molecule has 2 aromatic rings. The number of rotatable bonds is 7. The second kappa shape index (κ2) is 10.6. The molecule has 0 aromatic heterocycles. The predicted octanol–water partition coefficient (Wildman–Crippen LogP) is 4.09. The normalized spacial score (nSPS) is 16.1. The largest absolute Gasteiger partial charge is 0.493 e. The van der Waals surface area contributed by atoms with E-state index in [0.29, 0.717) is 30.9 Å². The average molecular weight is 459 g/mol. The van der Waals surface area contributed by atoms with E-state index in [4.69, 9.17) is 14.2 Å². The Labute approximate surface area is 193 Å². The number of hydrogen-bond donors (Lipinski definition) is 1. The number of fused-ring (bicyclic) bond motifs is 1. The van der Waals surface area contributed by atoms with Gasteiger partial charge in [0.1, 0.15) is 11.9 Å². The van der Waals surface area contributed by atoms with Crippen molar-refractivity contribution in [2.24, 2.45) is 5.92 Å². The molecule has 0 fully saturated rings. The summed E-state index contributed by atoms with van der Waals surface area (Å²) < 4.78 is 29.5. The molecule has 33 heavy (non-hydrogen) atoms. The first-order valence-electron chi connectivity index (χ1n) is 10.9. The van der Waals surface area contributed by atoms with Crippen molar-refractivity contribution in [3.8, 4) is 11.5 Å². The van der Waals surface area contributed by atoms with E-state index >= 15 is 0 Å². The molecular formula is C25H31FN2O5. The number of benzene rings is 2. The van der Waals surface area contributed by atoms with Crippen LogP contribution in [-0.4, -0.2) is 50.8 Å². The number of carbonyl (C=O) groups is 2. The maximum Gasteiger partial charge on any atom is 0.328 e. The van der Waals surface area contributed by atoms with Crippen molar-refractivity contribution >= 4 is 12.0 Å². The molecule has 2 amide bonds. The molecule has 0 spiro atoms. The predicted molar refractivity (Wildman–Crippen MR) is 122 cm³/mol. The van der Waals surface area contributed by atoms with Crippen LogP contribution in [0.15, 0.2) is 36.4 Å². The van der Waals surface area contributed by atoms with Crippen molar-refractivity contribution in [3.05, 3.63) is 58.9 Å². The summed E-state index contributed by atoms with van der Waals surface area (Å²) in [5.41, 5.74) is 2.62. The lowest BCUT2D eigenvalue weighted by Gasteiger charge is -2.38. The number of halogens is 1. The Morgan fingerprint density at radius 3 is 2.30 bits per heavy atom. The van der Waals surface area contributed by atoms with E-state index < -0.39 is 18.1 Å². The summed E-state index contributed by atoms with van der Waals surface area (Å²) in [7, 11) is 4.43. The van der Waals surface area contributed by atoms with Gasteiger partial charge in [0.25, 0.3) is 0 Å². The van der Waals surface area contributed by atoms with Crippen molar-refractivity contribution in [1.29, 1.82) is 0 Å². The summed E-state index contributed by atoms with van der Waals surface area (Å²) in [6.07, 6.45) is 1.04. The van der Waals surface area contributed by atoms with Gasteiger partial charge in [0.15, 0.2) is 11.5 Å². The van der Waals surface area contributed by atoms with Gasteiger partial charge in [-0.2, -0.15) is 0 Å².